The molecule has 1 atom stereocenters. The summed E-state index contributed by atoms with van der Waals surface area (Å²) in [4.78, 5) is 18.8. The average molecular weight is 405 g/mol. The number of fused-ring (bicyclic) bond motifs is 1. The van der Waals surface area contributed by atoms with Gasteiger partial charge in [-0.1, -0.05) is 47.1 Å². The molecule has 0 N–H and O–H groups in total. The van der Waals surface area contributed by atoms with Gasteiger partial charge in [-0.15, -0.1) is 0 Å². The van der Waals surface area contributed by atoms with Crippen molar-refractivity contribution >= 4 is 5.91 Å². The van der Waals surface area contributed by atoms with Crippen molar-refractivity contribution in [1.82, 2.24) is 15.0 Å². The second-order valence-electron chi connectivity index (χ2n) is 7.93. The summed E-state index contributed by atoms with van der Waals surface area (Å²) in [5.41, 5.74) is 4.63. The Labute approximate surface area is 176 Å². The predicted octanol–water partition coefficient (Wildman–Crippen LogP) is 4.35. The van der Waals surface area contributed by atoms with Crippen molar-refractivity contribution < 1.29 is 14.1 Å². The molecule has 1 aromatic heterocycles. The predicted molar refractivity (Wildman–Crippen MR) is 114 cm³/mol. The number of aryl methyl sites for hydroxylation is 2. The Bertz CT molecular complexity index is 1030. The minimum Gasteiger partial charge on any atom is -0.481 e. The van der Waals surface area contributed by atoms with Crippen LogP contribution < -0.4 is 4.74 Å². The Morgan fingerprint density at radius 2 is 1.93 bits per heavy atom. The Morgan fingerprint density at radius 3 is 2.73 bits per heavy atom. The van der Waals surface area contributed by atoms with Crippen LogP contribution in [0.1, 0.15) is 42.3 Å². The topological polar surface area (TPSA) is 68.5 Å². The number of nitrogens with zero attached hydrogens (tertiary/aromatic N) is 3. The number of hydrogen-bond acceptors (Lipinski definition) is 5. The van der Waals surface area contributed by atoms with Crippen molar-refractivity contribution in [2.24, 2.45) is 0 Å². The molecule has 6 nitrogen and oxygen atoms in total. The van der Waals surface area contributed by atoms with Crippen LogP contribution in [0.25, 0.3) is 11.4 Å². The molecule has 0 aliphatic heterocycles. The maximum Gasteiger partial charge on any atom is 0.263 e. The first-order valence-corrected chi connectivity index (χ1v) is 10.4. The van der Waals surface area contributed by atoms with Gasteiger partial charge in [-0.05, 0) is 56.7 Å². The Balaban J connectivity index is 1.40. The first-order chi connectivity index (χ1) is 14.5. The number of carbonyl (C=O) groups is 1. The first kappa shape index (κ1) is 20.1. The minimum absolute atomic E-state index is 0.126. The smallest absolute Gasteiger partial charge is 0.263 e. The molecule has 4 rings (SSSR count). The van der Waals surface area contributed by atoms with Gasteiger partial charge >= 0.3 is 0 Å². The lowest BCUT2D eigenvalue weighted by Crippen LogP contribution is -2.37. The lowest BCUT2D eigenvalue weighted by Gasteiger charge is -2.24. The van der Waals surface area contributed by atoms with Crippen LogP contribution in [0, 0.1) is 6.92 Å². The highest BCUT2D eigenvalue weighted by atomic mass is 16.5. The lowest BCUT2D eigenvalue weighted by atomic mass is 9.91. The molecule has 0 saturated heterocycles. The maximum atomic E-state index is 12.8. The average Bonchev–Trinajstić information content (AvgIpc) is 3.22. The zero-order valence-corrected chi connectivity index (χ0v) is 17.7. The highest BCUT2D eigenvalue weighted by molar-refractivity contribution is 5.80. The highest BCUT2D eigenvalue weighted by Crippen LogP contribution is 2.30. The van der Waals surface area contributed by atoms with Crippen LogP contribution in [0.2, 0.25) is 0 Å². The van der Waals surface area contributed by atoms with E-state index in [4.69, 9.17) is 9.26 Å². The van der Waals surface area contributed by atoms with Crippen molar-refractivity contribution in [2.75, 3.05) is 7.05 Å². The monoisotopic (exact) mass is 405 g/mol. The van der Waals surface area contributed by atoms with Crippen LogP contribution in [-0.2, 0) is 24.2 Å². The molecule has 0 fully saturated rings. The highest BCUT2D eigenvalue weighted by Gasteiger charge is 2.23. The fourth-order valence-electron chi connectivity index (χ4n) is 3.83. The fraction of sp³-hybridized carbons (Fsp3) is 0.375. The van der Waals surface area contributed by atoms with Crippen LogP contribution in [0.5, 0.6) is 5.75 Å². The van der Waals surface area contributed by atoms with Gasteiger partial charge in [0.05, 0.1) is 6.54 Å². The molecule has 0 spiro atoms. The third-order valence-corrected chi connectivity index (χ3v) is 5.53. The molecular formula is C24H27N3O3. The van der Waals surface area contributed by atoms with Crippen molar-refractivity contribution in [3.63, 3.8) is 0 Å². The van der Waals surface area contributed by atoms with Gasteiger partial charge in [0, 0.05) is 12.6 Å². The van der Waals surface area contributed by atoms with Crippen molar-refractivity contribution in [1.29, 1.82) is 0 Å². The molecule has 6 heteroatoms. The quantitative estimate of drug-likeness (QED) is 0.610. The van der Waals surface area contributed by atoms with E-state index in [9.17, 15) is 4.79 Å². The summed E-state index contributed by atoms with van der Waals surface area (Å²) in [6, 6.07) is 14.0. The largest absolute Gasteiger partial charge is 0.481 e. The fourth-order valence-corrected chi connectivity index (χ4v) is 3.83. The molecular weight excluding hydrogens is 378 g/mol. The minimum atomic E-state index is -0.595. The SMILES string of the molecule is Cc1ccc(-c2noc(CN(C)C(=O)[C@H](C)Oc3cccc4c3CCCC4)n2)cc1. The van der Waals surface area contributed by atoms with Crippen LogP contribution >= 0.6 is 0 Å². The van der Waals surface area contributed by atoms with Gasteiger partial charge in [0.2, 0.25) is 11.7 Å². The summed E-state index contributed by atoms with van der Waals surface area (Å²) in [7, 11) is 1.72. The number of ether oxygens (including phenoxy) is 1. The molecule has 0 radical (unpaired) electrons. The first-order valence-electron chi connectivity index (χ1n) is 10.4. The van der Waals surface area contributed by atoms with Crippen LogP contribution in [0.15, 0.2) is 47.0 Å². The molecule has 1 aliphatic carbocycles. The second kappa shape index (κ2) is 8.69. The molecule has 1 heterocycles. The number of hydrogen-bond donors (Lipinski definition) is 0. The van der Waals surface area contributed by atoms with Gasteiger partial charge in [-0.3, -0.25) is 4.79 Å². The van der Waals surface area contributed by atoms with Crippen LogP contribution in [0.3, 0.4) is 0 Å². The summed E-state index contributed by atoms with van der Waals surface area (Å²) in [5.74, 6) is 1.61. The Hall–Kier alpha value is -3.15. The standard InChI is InChI=1S/C24H27N3O3/c1-16-11-13-19(14-12-16)23-25-22(30-26-23)15-27(3)24(28)17(2)29-21-10-6-8-18-7-4-5-9-20(18)21/h6,8,10-14,17H,4-5,7,9,15H2,1-3H3/t17-/m0/s1. The maximum absolute atomic E-state index is 12.8. The number of likely N-dealkylation sites (N-methyl/N-ethyl adjacent to an activating group) is 1. The van der Waals surface area contributed by atoms with Crippen molar-refractivity contribution in [3.05, 3.63) is 65.0 Å². The molecule has 3 aromatic rings. The van der Waals surface area contributed by atoms with Gasteiger partial charge in [0.25, 0.3) is 5.91 Å². The van der Waals surface area contributed by atoms with E-state index in [1.54, 1.807) is 18.9 Å². The molecule has 0 bridgehead atoms. The van der Waals surface area contributed by atoms with E-state index in [0.717, 1.165) is 30.6 Å². The summed E-state index contributed by atoms with van der Waals surface area (Å²) < 4.78 is 11.4. The van der Waals surface area contributed by atoms with E-state index in [0.29, 0.717) is 11.7 Å². The molecule has 1 amide bonds. The molecule has 156 valence electrons. The molecule has 30 heavy (non-hydrogen) atoms. The summed E-state index contributed by atoms with van der Waals surface area (Å²) in [6.07, 6.45) is 3.86. The van der Waals surface area contributed by atoms with Crippen LogP contribution in [-0.4, -0.2) is 34.1 Å². The van der Waals surface area contributed by atoms with Crippen LogP contribution in [0.4, 0.5) is 0 Å². The zero-order chi connectivity index (χ0) is 21.1. The van der Waals surface area contributed by atoms with Gasteiger partial charge < -0.3 is 14.2 Å². The summed E-state index contributed by atoms with van der Waals surface area (Å²) >= 11 is 0. The lowest BCUT2D eigenvalue weighted by molar-refractivity contribution is -0.137. The van der Waals surface area contributed by atoms with E-state index >= 15 is 0 Å². The number of amides is 1. The second-order valence-corrected chi connectivity index (χ2v) is 7.93. The third kappa shape index (κ3) is 4.37. The molecule has 1 aliphatic rings. The summed E-state index contributed by atoms with van der Waals surface area (Å²) in [5, 5.41) is 4.03. The normalized spacial score (nSPS) is 14.1. The van der Waals surface area contributed by atoms with Crippen molar-refractivity contribution in [3.8, 4) is 17.1 Å². The number of carbonyl (C=O) groups excluding carboxylic acids is 1. The van der Waals surface area contributed by atoms with E-state index in [1.165, 1.54) is 23.1 Å². The zero-order valence-electron chi connectivity index (χ0n) is 17.7. The van der Waals surface area contributed by atoms with Gasteiger partial charge in [-0.2, -0.15) is 4.98 Å². The van der Waals surface area contributed by atoms with E-state index in [1.807, 2.05) is 43.3 Å². The Morgan fingerprint density at radius 1 is 1.17 bits per heavy atom. The Kier molecular flexibility index (Phi) is 5.84. The van der Waals surface area contributed by atoms with E-state index < -0.39 is 6.10 Å². The number of aromatic nitrogens is 2. The summed E-state index contributed by atoms with van der Waals surface area (Å²) in [6.45, 7) is 4.05. The molecule has 0 saturated carbocycles. The molecule has 2 aromatic carbocycles. The molecule has 0 unspecified atom stereocenters. The number of rotatable bonds is 6. The van der Waals surface area contributed by atoms with Gasteiger partial charge in [-0.25, -0.2) is 0 Å². The van der Waals surface area contributed by atoms with Gasteiger partial charge in [0.1, 0.15) is 5.75 Å². The van der Waals surface area contributed by atoms with E-state index in [-0.39, 0.29) is 12.5 Å². The third-order valence-electron chi connectivity index (χ3n) is 5.53. The number of benzene rings is 2. The van der Waals surface area contributed by atoms with Crippen molar-refractivity contribution in [2.45, 2.75) is 52.2 Å². The van der Waals surface area contributed by atoms with E-state index in [2.05, 4.69) is 16.2 Å². The van der Waals surface area contributed by atoms with Gasteiger partial charge in [0.15, 0.2) is 6.10 Å².